The van der Waals surface area contributed by atoms with Crippen LogP contribution in [0.4, 0.5) is 5.82 Å². The van der Waals surface area contributed by atoms with E-state index < -0.39 is 0 Å². The molecule has 1 aromatic heterocycles. The zero-order chi connectivity index (χ0) is 17.4. The van der Waals surface area contributed by atoms with Crippen molar-refractivity contribution in [2.75, 3.05) is 7.11 Å². The Kier molecular flexibility index (Phi) is 4.46. The third-order valence-corrected chi connectivity index (χ3v) is 6.28. The van der Waals surface area contributed by atoms with Crippen LogP contribution in [0.3, 0.4) is 0 Å². The van der Waals surface area contributed by atoms with E-state index in [1.165, 1.54) is 19.3 Å². The van der Waals surface area contributed by atoms with Crippen molar-refractivity contribution in [2.24, 2.45) is 4.99 Å². The van der Waals surface area contributed by atoms with Gasteiger partial charge in [-0.2, -0.15) is 0 Å². The zero-order valence-electron chi connectivity index (χ0n) is 14.6. The minimum absolute atomic E-state index is 0.00913. The number of aliphatic imine (C=N–C) groups is 1. The number of aromatic amines is 1. The largest absolute Gasteiger partial charge is 0.497 e. The van der Waals surface area contributed by atoms with E-state index in [0.717, 1.165) is 40.6 Å². The lowest BCUT2D eigenvalue weighted by Gasteiger charge is -2.26. The Morgan fingerprint density at radius 2 is 1.92 bits per heavy atom. The van der Waals surface area contributed by atoms with E-state index in [1.54, 1.807) is 18.9 Å². The third-order valence-electron chi connectivity index (χ3n) is 5.11. The number of hydrogen-bond donors (Lipinski definition) is 1. The van der Waals surface area contributed by atoms with Gasteiger partial charge in [0.2, 0.25) is 0 Å². The second-order valence-electron chi connectivity index (χ2n) is 6.74. The minimum Gasteiger partial charge on any atom is -0.497 e. The lowest BCUT2D eigenvalue weighted by molar-refractivity contribution is 0.331. The van der Waals surface area contributed by atoms with Gasteiger partial charge in [0.25, 0.3) is 5.56 Å². The predicted octanol–water partition coefficient (Wildman–Crippen LogP) is 4.58. The Balaban J connectivity index is 1.77. The maximum atomic E-state index is 12.8. The highest BCUT2D eigenvalue weighted by Gasteiger charge is 2.32. The van der Waals surface area contributed by atoms with Crippen LogP contribution in [0.25, 0.3) is 0 Å². The highest BCUT2D eigenvalue weighted by Crippen LogP contribution is 2.45. The number of ether oxygens (including phenoxy) is 1. The Morgan fingerprint density at radius 3 is 2.60 bits per heavy atom. The van der Waals surface area contributed by atoms with Crippen LogP contribution < -0.4 is 10.3 Å². The van der Waals surface area contributed by atoms with Gasteiger partial charge in [0.05, 0.1) is 29.0 Å². The van der Waals surface area contributed by atoms with E-state index in [-0.39, 0.29) is 10.8 Å². The molecule has 4 rings (SSSR count). The van der Waals surface area contributed by atoms with E-state index in [1.807, 2.05) is 35.9 Å². The molecule has 1 atom stereocenters. The van der Waals surface area contributed by atoms with E-state index >= 15 is 0 Å². The molecule has 0 unspecified atom stereocenters. The summed E-state index contributed by atoms with van der Waals surface area (Å²) >= 11 is 1.65. The molecule has 2 aromatic rings. The first-order chi connectivity index (χ1) is 12.2. The Labute approximate surface area is 151 Å². The molecule has 0 amide bonds. The van der Waals surface area contributed by atoms with Crippen LogP contribution in [-0.4, -0.2) is 21.9 Å². The molecule has 1 fully saturated rings. The van der Waals surface area contributed by atoms with Crippen molar-refractivity contribution in [2.45, 2.75) is 50.3 Å². The van der Waals surface area contributed by atoms with Crippen LogP contribution in [0.1, 0.15) is 61.4 Å². The molecule has 1 N–H and O–H groups in total. The van der Waals surface area contributed by atoms with Gasteiger partial charge in [-0.05, 0) is 37.5 Å². The smallest absolute Gasteiger partial charge is 0.271 e. The molecule has 1 aliphatic carbocycles. The maximum absolute atomic E-state index is 12.8. The average molecular weight is 357 g/mol. The SMILES string of the molecule is COc1ccc([C@H]2SC(C)=Nc3c2c(=O)[nH]n3C2CCCCC2)cc1. The number of H-pyrrole nitrogens is 1. The topological polar surface area (TPSA) is 59.4 Å². The van der Waals surface area contributed by atoms with Crippen molar-refractivity contribution < 1.29 is 4.74 Å². The first-order valence-electron chi connectivity index (χ1n) is 8.87. The number of thioether (sulfide) groups is 1. The van der Waals surface area contributed by atoms with E-state index in [0.29, 0.717) is 6.04 Å². The number of hydrogen-bond acceptors (Lipinski definition) is 4. The van der Waals surface area contributed by atoms with E-state index in [2.05, 4.69) is 5.10 Å². The molecule has 1 aromatic carbocycles. The second kappa shape index (κ2) is 6.75. The number of aromatic nitrogens is 2. The summed E-state index contributed by atoms with van der Waals surface area (Å²) in [6.07, 6.45) is 5.97. The van der Waals surface area contributed by atoms with Gasteiger partial charge in [-0.15, -0.1) is 0 Å². The van der Waals surface area contributed by atoms with Crippen LogP contribution in [0.2, 0.25) is 0 Å². The lowest BCUT2D eigenvalue weighted by Crippen LogP contribution is -2.16. The standard InChI is InChI=1S/C19H23N3O2S/c1-12-20-18-16(17(25-12)13-8-10-15(24-2)11-9-13)19(23)21-22(18)14-6-4-3-5-7-14/h8-11,14,17H,3-7H2,1-2H3,(H,21,23)/t17-/m1/s1. The maximum Gasteiger partial charge on any atom is 0.271 e. The van der Waals surface area contributed by atoms with Gasteiger partial charge in [0.1, 0.15) is 5.75 Å². The third kappa shape index (κ3) is 3.03. The van der Waals surface area contributed by atoms with Crippen molar-refractivity contribution in [3.05, 3.63) is 45.7 Å². The van der Waals surface area contributed by atoms with Gasteiger partial charge in [-0.3, -0.25) is 14.6 Å². The summed E-state index contributed by atoms with van der Waals surface area (Å²) in [6, 6.07) is 8.33. The first kappa shape index (κ1) is 16.5. The normalized spacial score (nSPS) is 20.9. The number of benzene rings is 1. The average Bonchev–Trinajstić information content (AvgIpc) is 2.98. The van der Waals surface area contributed by atoms with Gasteiger partial charge in [-0.25, -0.2) is 4.99 Å². The molecule has 0 spiro atoms. The number of fused-ring (bicyclic) bond motifs is 1. The van der Waals surface area contributed by atoms with Crippen molar-refractivity contribution in [1.29, 1.82) is 0 Å². The van der Waals surface area contributed by atoms with Crippen LogP contribution in [0.5, 0.6) is 5.75 Å². The predicted molar refractivity (Wildman–Crippen MR) is 102 cm³/mol. The van der Waals surface area contributed by atoms with Gasteiger partial charge >= 0.3 is 0 Å². The second-order valence-corrected chi connectivity index (χ2v) is 8.04. The Bertz CT molecular complexity index is 845. The zero-order valence-corrected chi connectivity index (χ0v) is 15.4. The monoisotopic (exact) mass is 357 g/mol. The molecule has 6 heteroatoms. The summed E-state index contributed by atoms with van der Waals surface area (Å²) in [7, 11) is 1.66. The molecule has 2 aliphatic rings. The van der Waals surface area contributed by atoms with Crippen LogP contribution >= 0.6 is 11.8 Å². The van der Waals surface area contributed by atoms with Crippen LogP contribution in [0.15, 0.2) is 34.1 Å². The summed E-state index contributed by atoms with van der Waals surface area (Å²) in [5, 5.41) is 4.06. The van der Waals surface area contributed by atoms with E-state index in [9.17, 15) is 4.79 Å². The molecule has 2 heterocycles. The molecular weight excluding hydrogens is 334 g/mol. The fourth-order valence-corrected chi connectivity index (χ4v) is 4.93. The van der Waals surface area contributed by atoms with Crippen molar-refractivity contribution in [3.63, 3.8) is 0 Å². The molecule has 0 bridgehead atoms. The minimum atomic E-state index is -0.0213. The molecular formula is C19H23N3O2S. The summed E-state index contributed by atoms with van der Waals surface area (Å²) in [5.41, 5.74) is 1.88. The van der Waals surface area contributed by atoms with E-state index in [4.69, 9.17) is 9.73 Å². The van der Waals surface area contributed by atoms with Crippen molar-refractivity contribution >= 4 is 22.6 Å². The van der Waals surface area contributed by atoms with Gasteiger partial charge in [-0.1, -0.05) is 43.2 Å². The molecule has 25 heavy (non-hydrogen) atoms. The molecule has 1 saturated carbocycles. The fourth-order valence-electron chi connectivity index (χ4n) is 3.83. The molecule has 5 nitrogen and oxygen atoms in total. The molecule has 1 aliphatic heterocycles. The summed E-state index contributed by atoms with van der Waals surface area (Å²) in [6.45, 7) is 2.02. The first-order valence-corrected chi connectivity index (χ1v) is 9.75. The Hall–Kier alpha value is -1.95. The summed E-state index contributed by atoms with van der Waals surface area (Å²) in [4.78, 5) is 17.5. The Morgan fingerprint density at radius 1 is 1.20 bits per heavy atom. The molecule has 132 valence electrons. The van der Waals surface area contributed by atoms with Gasteiger partial charge in [0, 0.05) is 0 Å². The number of nitrogens with one attached hydrogen (secondary N) is 1. The van der Waals surface area contributed by atoms with Crippen LogP contribution in [0, 0.1) is 0 Å². The molecule has 0 radical (unpaired) electrons. The summed E-state index contributed by atoms with van der Waals surface area (Å²) in [5.74, 6) is 1.65. The van der Waals surface area contributed by atoms with Crippen molar-refractivity contribution in [1.82, 2.24) is 9.78 Å². The lowest BCUT2D eigenvalue weighted by atomic mass is 9.95. The fraction of sp³-hybridized carbons (Fsp3) is 0.474. The highest BCUT2D eigenvalue weighted by atomic mass is 32.2. The van der Waals surface area contributed by atoms with Crippen LogP contribution in [-0.2, 0) is 0 Å². The molecule has 0 saturated heterocycles. The number of rotatable bonds is 3. The quantitative estimate of drug-likeness (QED) is 0.875. The van der Waals surface area contributed by atoms with Crippen molar-refractivity contribution in [3.8, 4) is 5.75 Å². The van der Waals surface area contributed by atoms with Gasteiger partial charge < -0.3 is 4.74 Å². The highest BCUT2D eigenvalue weighted by molar-refractivity contribution is 8.14. The summed E-state index contributed by atoms with van der Waals surface area (Å²) < 4.78 is 7.29. The number of methoxy groups -OCH3 is 1. The van der Waals surface area contributed by atoms with Gasteiger partial charge in [0.15, 0.2) is 5.82 Å². The number of nitrogens with zero attached hydrogens (tertiary/aromatic N) is 2.